The first-order valence-electron chi connectivity index (χ1n) is 12.4. The zero-order valence-electron chi connectivity index (χ0n) is 21.6. The quantitative estimate of drug-likeness (QED) is 0.227. The Kier molecular flexibility index (Phi) is 5.80. The molecule has 0 spiro atoms. The van der Waals surface area contributed by atoms with Gasteiger partial charge in [0.2, 0.25) is 5.91 Å². The van der Waals surface area contributed by atoms with Crippen molar-refractivity contribution in [2.75, 3.05) is 5.32 Å². The molecule has 6 aromatic rings. The van der Waals surface area contributed by atoms with Crippen LogP contribution in [0.25, 0.3) is 54.9 Å². The molecule has 6 aromatic heterocycles. The number of amides is 1. The van der Waals surface area contributed by atoms with Gasteiger partial charge >= 0.3 is 0 Å². The molecule has 0 bridgehead atoms. The summed E-state index contributed by atoms with van der Waals surface area (Å²) >= 11 is 1.75. The van der Waals surface area contributed by atoms with Gasteiger partial charge in [0, 0.05) is 62.2 Å². The average Bonchev–Trinajstić information content (AvgIpc) is 3.60. The summed E-state index contributed by atoms with van der Waals surface area (Å²) in [4.78, 5) is 31.8. The van der Waals surface area contributed by atoms with Crippen molar-refractivity contribution in [3.63, 3.8) is 0 Å². The zero-order chi connectivity index (χ0) is 26.4. The van der Waals surface area contributed by atoms with Gasteiger partial charge in [-0.3, -0.25) is 19.9 Å². The summed E-state index contributed by atoms with van der Waals surface area (Å²) in [5.74, 6) is -0.0347. The van der Waals surface area contributed by atoms with Crippen LogP contribution in [0.15, 0.2) is 61.3 Å². The van der Waals surface area contributed by atoms with Gasteiger partial charge in [0.1, 0.15) is 5.69 Å². The molecule has 0 saturated carbocycles. The number of fused-ring (bicyclic) bond motifs is 2. The minimum atomic E-state index is -0.0933. The van der Waals surface area contributed by atoms with Crippen LogP contribution in [0.2, 0.25) is 0 Å². The van der Waals surface area contributed by atoms with Crippen LogP contribution in [0, 0.1) is 12.3 Å². The first-order valence-corrected chi connectivity index (χ1v) is 13.2. The molecule has 0 unspecified atom stereocenters. The van der Waals surface area contributed by atoms with Gasteiger partial charge in [-0.15, -0.1) is 11.3 Å². The van der Waals surface area contributed by atoms with Crippen LogP contribution >= 0.6 is 11.3 Å². The maximum absolute atomic E-state index is 12.4. The molecule has 0 aromatic carbocycles. The lowest BCUT2D eigenvalue weighted by Gasteiger charge is -2.17. The van der Waals surface area contributed by atoms with Crippen molar-refractivity contribution < 1.29 is 4.79 Å². The van der Waals surface area contributed by atoms with Gasteiger partial charge in [-0.1, -0.05) is 20.8 Å². The summed E-state index contributed by atoms with van der Waals surface area (Å²) in [6.07, 6.45) is 9.39. The number of aryl methyl sites for hydroxylation is 1. The predicted octanol–water partition coefficient (Wildman–Crippen LogP) is 6.97. The van der Waals surface area contributed by atoms with Crippen LogP contribution in [-0.4, -0.2) is 36.0 Å². The van der Waals surface area contributed by atoms with Crippen LogP contribution in [0.1, 0.15) is 32.1 Å². The molecule has 190 valence electrons. The van der Waals surface area contributed by atoms with Crippen molar-refractivity contribution in [1.29, 1.82) is 0 Å². The predicted molar refractivity (Wildman–Crippen MR) is 153 cm³/mol. The summed E-state index contributed by atoms with van der Waals surface area (Å²) < 4.78 is 0. The first-order chi connectivity index (χ1) is 18.2. The zero-order valence-corrected chi connectivity index (χ0v) is 22.4. The van der Waals surface area contributed by atoms with Gasteiger partial charge in [-0.2, -0.15) is 5.10 Å². The molecule has 0 fully saturated rings. The lowest BCUT2D eigenvalue weighted by Crippen LogP contribution is -2.19. The number of carbonyl (C=O) groups excluding carboxylic acids is 1. The van der Waals surface area contributed by atoms with Gasteiger partial charge < -0.3 is 10.3 Å². The molecule has 0 saturated heterocycles. The summed E-state index contributed by atoms with van der Waals surface area (Å²) in [5, 5.41) is 12.6. The minimum absolute atomic E-state index is 0.0347. The number of hydrogen-bond acceptors (Lipinski definition) is 6. The Bertz CT molecular complexity index is 1800. The Morgan fingerprint density at radius 1 is 0.974 bits per heavy atom. The monoisotopic (exact) mass is 521 g/mol. The number of pyridine rings is 3. The molecule has 9 heteroatoms. The van der Waals surface area contributed by atoms with E-state index >= 15 is 0 Å². The molecule has 38 heavy (non-hydrogen) atoms. The lowest BCUT2D eigenvalue weighted by atomic mass is 9.92. The van der Waals surface area contributed by atoms with Crippen molar-refractivity contribution in [3.05, 3.63) is 66.2 Å². The van der Waals surface area contributed by atoms with Gasteiger partial charge in [-0.25, -0.2) is 4.98 Å². The van der Waals surface area contributed by atoms with Gasteiger partial charge in [-0.05, 0) is 42.7 Å². The fourth-order valence-electron chi connectivity index (χ4n) is 4.57. The topological polar surface area (TPSA) is 112 Å². The van der Waals surface area contributed by atoms with Gasteiger partial charge in [0.25, 0.3) is 0 Å². The summed E-state index contributed by atoms with van der Waals surface area (Å²) in [7, 11) is 0. The average molecular weight is 522 g/mol. The summed E-state index contributed by atoms with van der Waals surface area (Å²) in [5.41, 5.74) is 6.70. The molecule has 8 nitrogen and oxygen atoms in total. The van der Waals surface area contributed by atoms with Crippen molar-refractivity contribution in [2.24, 2.45) is 5.41 Å². The van der Waals surface area contributed by atoms with E-state index in [9.17, 15) is 4.79 Å². The highest BCUT2D eigenvalue weighted by Crippen LogP contribution is 2.36. The van der Waals surface area contributed by atoms with Crippen molar-refractivity contribution >= 4 is 44.9 Å². The highest BCUT2D eigenvalue weighted by Gasteiger charge is 2.18. The number of aromatic amines is 2. The van der Waals surface area contributed by atoms with E-state index in [1.807, 2.05) is 45.3 Å². The number of aromatic nitrogens is 6. The Hall–Kier alpha value is -4.37. The van der Waals surface area contributed by atoms with Crippen LogP contribution < -0.4 is 5.32 Å². The normalized spacial score (nSPS) is 11.9. The molecule has 0 aliphatic rings. The molecule has 0 atom stereocenters. The first kappa shape index (κ1) is 24.0. The number of thiophene rings is 1. The SMILES string of the molecule is Cc1ccc(-c2cncc3[nH]c(-c4n[nH]c5ncc(-c6cncc(NC(=O)CC(C)(C)C)c6)cc45)cc23)s1. The van der Waals surface area contributed by atoms with E-state index in [0.29, 0.717) is 17.8 Å². The van der Waals surface area contributed by atoms with Crippen LogP contribution in [0.5, 0.6) is 0 Å². The smallest absolute Gasteiger partial charge is 0.224 e. The third-order valence-electron chi connectivity index (χ3n) is 6.27. The molecule has 3 N–H and O–H groups in total. The largest absolute Gasteiger partial charge is 0.352 e. The fourth-order valence-corrected chi connectivity index (χ4v) is 5.47. The van der Waals surface area contributed by atoms with Crippen LogP contribution in [0.4, 0.5) is 5.69 Å². The van der Waals surface area contributed by atoms with Crippen LogP contribution in [0.3, 0.4) is 0 Å². The molecule has 0 radical (unpaired) electrons. The van der Waals surface area contributed by atoms with E-state index in [1.54, 1.807) is 29.9 Å². The van der Waals surface area contributed by atoms with Crippen molar-refractivity contribution in [1.82, 2.24) is 30.1 Å². The van der Waals surface area contributed by atoms with E-state index in [0.717, 1.165) is 44.4 Å². The standard InChI is InChI=1S/C29H27N7OS/c1-16-5-6-25(38-16)22-14-31-15-24-20(22)9-23(34-24)27-21-8-18(12-32-28(21)36-35-27)17-7-19(13-30-11-17)33-26(37)10-29(2,3)4/h5-9,11-15,34H,10H2,1-4H3,(H,33,37)(H,32,35,36). The molecular weight excluding hydrogens is 494 g/mol. The number of nitrogens with one attached hydrogen (secondary N) is 3. The summed E-state index contributed by atoms with van der Waals surface area (Å²) in [6.45, 7) is 8.23. The summed E-state index contributed by atoms with van der Waals surface area (Å²) in [6, 6.07) is 10.3. The van der Waals surface area contributed by atoms with E-state index in [2.05, 4.69) is 60.6 Å². The third-order valence-corrected chi connectivity index (χ3v) is 7.30. The van der Waals surface area contributed by atoms with Crippen molar-refractivity contribution in [2.45, 2.75) is 34.1 Å². The second-order valence-corrected chi connectivity index (χ2v) is 12.0. The molecular formula is C29H27N7OS. The van der Waals surface area contributed by atoms with E-state index in [-0.39, 0.29) is 11.3 Å². The van der Waals surface area contributed by atoms with Gasteiger partial charge in [0.15, 0.2) is 5.65 Å². The second-order valence-electron chi connectivity index (χ2n) is 10.7. The Morgan fingerprint density at radius 2 is 1.79 bits per heavy atom. The highest BCUT2D eigenvalue weighted by molar-refractivity contribution is 7.15. The van der Waals surface area contributed by atoms with E-state index in [1.165, 1.54) is 9.75 Å². The number of carbonyl (C=O) groups is 1. The highest BCUT2D eigenvalue weighted by atomic mass is 32.1. The number of H-pyrrole nitrogens is 2. The second kappa shape index (κ2) is 9.18. The van der Waals surface area contributed by atoms with E-state index < -0.39 is 0 Å². The molecule has 0 aliphatic carbocycles. The van der Waals surface area contributed by atoms with E-state index in [4.69, 9.17) is 0 Å². The number of anilines is 1. The minimum Gasteiger partial charge on any atom is -0.352 e. The lowest BCUT2D eigenvalue weighted by molar-refractivity contribution is -0.117. The number of hydrogen-bond donors (Lipinski definition) is 3. The molecule has 1 amide bonds. The molecule has 6 rings (SSSR count). The Balaban J connectivity index is 1.36. The maximum Gasteiger partial charge on any atom is 0.224 e. The maximum atomic E-state index is 12.4. The fraction of sp³-hybridized carbons (Fsp3) is 0.207. The number of nitrogens with zero attached hydrogens (tertiary/aromatic N) is 4. The number of rotatable bonds is 5. The van der Waals surface area contributed by atoms with Crippen molar-refractivity contribution in [3.8, 4) is 33.0 Å². The van der Waals surface area contributed by atoms with Crippen LogP contribution in [-0.2, 0) is 4.79 Å². The Labute approximate surface area is 223 Å². The third kappa shape index (κ3) is 4.68. The molecule has 6 heterocycles. The molecule has 0 aliphatic heterocycles. The van der Waals surface area contributed by atoms with Gasteiger partial charge in [0.05, 0.1) is 29.3 Å². The Morgan fingerprint density at radius 3 is 2.58 bits per heavy atom.